The number of carbonyl (C=O) groups excluding carboxylic acids is 1. The average molecular weight is 421 g/mol. The summed E-state index contributed by atoms with van der Waals surface area (Å²) in [5.74, 6) is 0.270. The van der Waals surface area contributed by atoms with Crippen LogP contribution in [0.4, 0.5) is 0 Å². The molecule has 1 aliphatic rings. The first-order valence-electron chi connectivity index (χ1n) is 10.1. The minimum Gasteiger partial charge on any atom is -0.286 e. The Morgan fingerprint density at radius 2 is 2.17 bits per heavy atom. The lowest BCUT2D eigenvalue weighted by atomic mass is 9.89. The molecule has 0 bridgehead atoms. The molecule has 1 N–H and O–H groups in total. The molecule has 2 atom stereocenters. The Kier molecular flexibility index (Phi) is 5.90. The number of benzene rings is 1. The fourth-order valence-corrected chi connectivity index (χ4v) is 5.04. The van der Waals surface area contributed by atoms with Gasteiger partial charge >= 0.3 is 0 Å². The SMILES string of the molecule is C[C@@H]1CCc2c(sc3ncn([C@H](C)C(=O)NN=CC=Cc4ccccc4)c(=O)c23)C1. The molecule has 0 saturated heterocycles. The Labute approximate surface area is 179 Å². The third-order valence-corrected chi connectivity index (χ3v) is 6.62. The maximum Gasteiger partial charge on any atom is 0.263 e. The van der Waals surface area contributed by atoms with Gasteiger partial charge in [-0.25, -0.2) is 10.4 Å². The Morgan fingerprint density at radius 1 is 1.37 bits per heavy atom. The summed E-state index contributed by atoms with van der Waals surface area (Å²) < 4.78 is 1.40. The first-order valence-corrected chi connectivity index (χ1v) is 10.9. The quantitative estimate of drug-likeness (QED) is 0.501. The number of hydrazone groups is 1. The summed E-state index contributed by atoms with van der Waals surface area (Å²) in [6, 6.07) is 9.10. The summed E-state index contributed by atoms with van der Waals surface area (Å²) in [5.41, 5.74) is 4.51. The Balaban J connectivity index is 1.48. The molecule has 6 nitrogen and oxygen atoms in total. The molecule has 0 fully saturated rings. The van der Waals surface area contributed by atoms with Crippen LogP contribution in [-0.4, -0.2) is 21.7 Å². The monoisotopic (exact) mass is 420 g/mol. The largest absolute Gasteiger partial charge is 0.286 e. The molecule has 0 radical (unpaired) electrons. The molecule has 3 aromatic rings. The summed E-state index contributed by atoms with van der Waals surface area (Å²) in [4.78, 5) is 32.1. The molecule has 0 aliphatic heterocycles. The first-order chi connectivity index (χ1) is 14.5. The second kappa shape index (κ2) is 8.75. The van der Waals surface area contributed by atoms with Crippen LogP contribution >= 0.6 is 11.3 Å². The van der Waals surface area contributed by atoms with E-state index in [0.29, 0.717) is 11.3 Å². The lowest BCUT2D eigenvalue weighted by Gasteiger charge is -2.18. The highest BCUT2D eigenvalue weighted by Crippen LogP contribution is 2.35. The molecular weight excluding hydrogens is 396 g/mol. The number of fused-ring (bicyclic) bond motifs is 3. The Hall–Kier alpha value is -3.06. The zero-order chi connectivity index (χ0) is 21.1. The van der Waals surface area contributed by atoms with Crippen LogP contribution in [-0.2, 0) is 17.6 Å². The second-order valence-corrected chi connectivity index (χ2v) is 8.77. The smallest absolute Gasteiger partial charge is 0.263 e. The molecule has 1 aromatic carbocycles. The van der Waals surface area contributed by atoms with Crippen LogP contribution in [0.15, 0.2) is 52.6 Å². The van der Waals surface area contributed by atoms with Gasteiger partial charge in [-0.1, -0.05) is 43.3 Å². The van der Waals surface area contributed by atoms with Gasteiger partial charge in [0.05, 0.1) is 11.7 Å². The first kappa shape index (κ1) is 20.2. The highest BCUT2D eigenvalue weighted by atomic mass is 32.1. The third-order valence-electron chi connectivity index (χ3n) is 5.46. The van der Waals surface area contributed by atoms with Crippen molar-refractivity contribution in [3.8, 4) is 0 Å². The lowest BCUT2D eigenvalue weighted by molar-refractivity contribution is -0.123. The molecule has 2 heterocycles. The molecule has 1 amide bonds. The summed E-state index contributed by atoms with van der Waals surface area (Å²) >= 11 is 1.61. The van der Waals surface area contributed by atoms with E-state index in [9.17, 15) is 9.59 Å². The Morgan fingerprint density at radius 3 is 2.97 bits per heavy atom. The normalized spacial score (nSPS) is 17.5. The van der Waals surface area contributed by atoms with Gasteiger partial charge in [0.1, 0.15) is 10.9 Å². The Bertz CT molecular complexity index is 1180. The molecule has 0 saturated carbocycles. The van der Waals surface area contributed by atoms with Crippen LogP contribution < -0.4 is 11.0 Å². The van der Waals surface area contributed by atoms with Crippen LogP contribution in [0.3, 0.4) is 0 Å². The van der Waals surface area contributed by atoms with Gasteiger partial charge in [-0.2, -0.15) is 5.10 Å². The van der Waals surface area contributed by atoms with E-state index in [4.69, 9.17) is 0 Å². The van der Waals surface area contributed by atoms with Crippen molar-refractivity contribution < 1.29 is 4.79 Å². The number of nitrogens with one attached hydrogen (secondary N) is 1. The number of aryl methyl sites for hydroxylation is 1. The van der Waals surface area contributed by atoms with Crippen molar-refractivity contribution in [3.05, 3.63) is 69.1 Å². The van der Waals surface area contributed by atoms with Gasteiger partial charge in [-0.15, -0.1) is 11.3 Å². The average Bonchev–Trinajstić information content (AvgIpc) is 3.12. The standard InChI is InChI=1S/C23H24N4O2S/c1-15-10-11-18-19(13-15)30-22-20(18)23(29)27(14-24-22)16(2)21(28)26-25-12-6-9-17-7-4-3-5-8-17/h3-9,12,14-16H,10-11,13H2,1-2H3,(H,26,28)/t15-,16-/m1/s1. The molecule has 2 aromatic heterocycles. The summed E-state index contributed by atoms with van der Waals surface area (Å²) in [6.45, 7) is 3.92. The third kappa shape index (κ3) is 4.11. The number of thiophene rings is 1. The minimum absolute atomic E-state index is 0.150. The van der Waals surface area contributed by atoms with E-state index in [1.165, 1.54) is 22.0 Å². The number of aromatic nitrogens is 2. The zero-order valence-corrected chi connectivity index (χ0v) is 17.9. The lowest BCUT2D eigenvalue weighted by Crippen LogP contribution is -2.34. The van der Waals surface area contributed by atoms with Crippen LogP contribution in [0.1, 0.15) is 42.3 Å². The maximum atomic E-state index is 13.1. The molecule has 1 aliphatic carbocycles. The van der Waals surface area contributed by atoms with E-state index in [-0.39, 0.29) is 11.5 Å². The fraction of sp³-hybridized carbons (Fsp3) is 0.304. The van der Waals surface area contributed by atoms with Crippen LogP contribution in [0.5, 0.6) is 0 Å². The number of hydrogen-bond acceptors (Lipinski definition) is 5. The van der Waals surface area contributed by atoms with Crippen molar-refractivity contribution in [2.24, 2.45) is 11.0 Å². The van der Waals surface area contributed by atoms with Gasteiger partial charge < -0.3 is 0 Å². The number of rotatable bonds is 5. The van der Waals surface area contributed by atoms with Crippen molar-refractivity contribution in [2.45, 2.75) is 39.2 Å². The van der Waals surface area contributed by atoms with Gasteiger partial charge in [0.15, 0.2) is 0 Å². The predicted molar refractivity (Wildman–Crippen MR) is 122 cm³/mol. The van der Waals surface area contributed by atoms with Crippen LogP contribution in [0, 0.1) is 5.92 Å². The molecule has 0 spiro atoms. The minimum atomic E-state index is -0.706. The number of carbonyl (C=O) groups is 1. The van der Waals surface area contributed by atoms with E-state index in [1.54, 1.807) is 24.3 Å². The van der Waals surface area contributed by atoms with Crippen molar-refractivity contribution in [1.29, 1.82) is 0 Å². The van der Waals surface area contributed by atoms with Crippen molar-refractivity contribution in [1.82, 2.24) is 15.0 Å². The number of hydrogen-bond donors (Lipinski definition) is 1. The number of amides is 1. The second-order valence-electron chi connectivity index (χ2n) is 7.69. The van der Waals surface area contributed by atoms with Gasteiger partial charge in [-0.05, 0) is 49.3 Å². The van der Waals surface area contributed by atoms with E-state index in [1.807, 2.05) is 36.4 Å². The molecular formula is C23H24N4O2S. The summed E-state index contributed by atoms with van der Waals surface area (Å²) in [5, 5.41) is 4.63. The van der Waals surface area contributed by atoms with Gasteiger partial charge in [0.2, 0.25) is 0 Å². The molecule has 7 heteroatoms. The summed E-state index contributed by atoms with van der Waals surface area (Å²) in [6.07, 6.45) is 9.60. The van der Waals surface area contributed by atoms with Gasteiger partial charge in [-0.3, -0.25) is 14.2 Å². The summed E-state index contributed by atoms with van der Waals surface area (Å²) in [7, 11) is 0. The van der Waals surface area contributed by atoms with Gasteiger partial charge in [0, 0.05) is 11.1 Å². The molecule has 30 heavy (non-hydrogen) atoms. The van der Waals surface area contributed by atoms with Crippen molar-refractivity contribution >= 4 is 39.8 Å². The fourth-order valence-electron chi connectivity index (χ4n) is 3.70. The van der Waals surface area contributed by atoms with Crippen molar-refractivity contribution in [3.63, 3.8) is 0 Å². The molecule has 154 valence electrons. The van der Waals surface area contributed by atoms with E-state index < -0.39 is 6.04 Å². The highest BCUT2D eigenvalue weighted by molar-refractivity contribution is 7.18. The zero-order valence-electron chi connectivity index (χ0n) is 17.0. The number of nitrogens with zero attached hydrogens (tertiary/aromatic N) is 3. The van der Waals surface area contributed by atoms with Gasteiger partial charge in [0.25, 0.3) is 11.5 Å². The predicted octanol–water partition coefficient (Wildman–Crippen LogP) is 3.96. The highest BCUT2D eigenvalue weighted by Gasteiger charge is 2.25. The number of allylic oxidation sites excluding steroid dienone is 1. The van der Waals surface area contributed by atoms with E-state index in [0.717, 1.165) is 35.2 Å². The van der Waals surface area contributed by atoms with Crippen LogP contribution in [0.25, 0.3) is 16.3 Å². The maximum absolute atomic E-state index is 13.1. The van der Waals surface area contributed by atoms with Crippen molar-refractivity contribution in [2.75, 3.05) is 0 Å². The van der Waals surface area contributed by atoms with E-state index >= 15 is 0 Å². The molecule has 4 rings (SSSR count). The van der Waals surface area contributed by atoms with E-state index in [2.05, 4.69) is 22.4 Å². The topological polar surface area (TPSA) is 76.3 Å². The van der Waals surface area contributed by atoms with Crippen LogP contribution in [0.2, 0.25) is 0 Å². The molecule has 0 unspecified atom stereocenters.